The van der Waals surface area contributed by atoms with Crippen LogP contribution in [0.3, 0.4) is 0 Å². The summed E-state index contributed by atoms with van der Waals surface area (Å²) in [5.41, 5.74) is 0.997. The summed E-state index contributed by atoms with van der Waals surface area (Å²) in [5.74, 6) is -0.361. The highest BCUT2D eigenvalue weighted by atomic mass is 16.4. The molecular formula is C20H28N2O3. The van der Waals surface area contributed by atoms with Crippen LogP contribution in [-0.2, 0) is 0 Å². The van der Waals surface area contributed by atoms with E-state index in [1.54, 1.807) is 6.07 Å². The van der Waals surface area contributed by atoms with Crippen molar-refractivity contribution in [2.24, 2.45) is 0 Å². The zero-order valence-electron chi connectivity index (χ0n) is 15.4. The first-order valence-electron chi connectivity index (χ1n) is 9.21. The van der Waals surface area contributed by atoms with E-state index in [1.165, 1.54) is 0 Å². The molecule has 0 fully saturated rings. The smallest absolute Gasteiger partial charge is 0.349 e. The third kappa shape index (κ3) is 4.84. The van der Waals surface area contributed by atoms with Gasteiger partial charge in [-0.05, 0) is 38.5 Å². The van der Waals surface area contributed by atoms with Gasteiger partial charge in [0.15, 0.2) is 0 Å². The predicted octanol–water partition coefficient (Wildman–Crippen LogP) is 3.95. The molecule has 1 aromatic carbocycles. The van der Waals surface area contributed by atoms with Crippen molar-refractivity contribution in [1.29, 1.82) is 0 Å². The van der Waals surface area contributed by atoms with Crippen LogP contribution in [0.4, 0.5) is 5.69 Å². The molecule has 0 spiro atoms. The van der Waals surface area contributed by atoms with Crippen LogP contribution in [0.1, 0.15) is 56.8 Å². The highest BCUT2D eigenvalue weighted by molar-refractivity contribution is 5.96. The third-order valence-electron chi connectivity index (χ3n) is 4.41. The summed E-state index contributed by atoms with van der Waals surface area (Å²) < 4.78 is 5.40. The molecule has 0 saturated carbocycles. The number of hydrogen-bond acceptors (Lipinski definition) is 4. The van der Waals surface area contributed by atoms with Gasteiger partial charge in [-0.15, -0.1) is 0 Å². The molecule has 0 bridgehead atoms. The van der Waals surface area contributed by atoms with Gasteiger partial charge in [-0.1, -0.05) is 26.2 Å². The summed E-state index contributed by atoms with van der Waals surface area (Å²) in [6.07, 6.45) is 4.31. The van der Waals surface area contributed by atoms with Crippen LogP contribution >= 0.6 is 0 Å². The lowest BCUT2D eigenvalue weighted by Gasteiger charge is -2.21. The topological polar surface area (TPSA) is 62.6 Å². The maximum atomic E-state index is 12.2. The molecule has 0 aliphatic carbocycles. The summed E-state index contributed by atoms with van der Waals surface area (Å²) >= 11 is 0. The van der Waals surface area contributed by atoms with Crippen molar-refractivity contribution in [2.45, 2.75) is 46.5 Å². The van der Waals surface area contributed by atoms with Gasteiger partial charge in [-0.3, -0.25) is 4.79 Å². The van der Waals surface area contributed by atoms with Crippen LogP contribution in [0.25, 0.3) is 11.0 Å². The Morgan fingerprint density at radius 1 is 1.08 bits per heavy atom. The third-order valence-corrected chi connectivity index (χ3v) is 4.41. The molecule has 1 heterocycles. The maximum Gasteiger partial charge on any atom is 0.349 e. The molecule has 0 aliphatic rings. The van der Waals surface area contributed by atoms with E-state index in [2.05, 4.69) is 31.0 Å². The van der Waals surface area contributed by atoms with Gasteiger partial charge in [0.2, 0.25) is 0 Å². The van der Waals surface area contributed by atoms with Gasteiger partial charge in [-0.2, -0.15) is 0 Å². The average molecular weight is 344 g/mol. The Labute approximate surface area is 149 Å². The van der Waals surface area contributed by atoms with Crippen molar-refractivity contribution in [2.75, 3.05) is 24.5 Å². The Kier molecular flexibility index (Phi) is 7.04. The van der Waals surface area contributed by atoms with Crippen LogP contribution in [0, 0.1) is 0 Å². The second-order valence-corrected chi connectivity index (χ2v) is 6.16. The molecular weight excluding hydrogens is 316 g/mol. The Hall–Kier alpha value is -2.30. The minimum Gasteiger partial charge on any atom is -0.422 e. The van der Waals surface area contributed by atoms with Crippen molar-refractivity contribution in [3.8, 4) is 0 Å². The van der Waals surface area contributed by atoms with E-state index < -0.39 is 5.63 Å². The highest BCUT2D eigenvalue weighted by Gasteiger charge is 2.14. The molecule has 0 radical (unpaired) electrons. The number of carbonyl (C=O) groups is 1. The predicted molar refractivity (Wildman–Crippen MR) is 103 cm³/mol. The van der Waals surface area contributed by atoms with Gasteiger partial charge in [-0.25, -0.2) is 4.79 Å². The minimum absolute atomic E-state index is 0.0681. The standard InChI is InChI=1S/C20H28N2O3/c1-4-7-8-9-12-21-19(23)17-13-15-10-11-16(22(5-2)6-3)14-18(15)25-20(17)24/h10-11,13-14H,4-9,12H2,1-3H3,(H,21,23). The molecule has 1 N–H and O–H groups in total. The normalized spacial score (nSPS) is 10.8. The number of hydrogen-bond donors (Lipinski definition) is 1. The molecule has 25 heavy (non-hydrogen) atoms. The van der Waals surface area contributed by atoms with E-state index in [9.17, 15) is 9.59 Å². The van der Waals surface area contributed by atoms with Crippen LogP contribution in [0.5, 0.6) is 0 Å². The van der Waals surface area contributed by atoms with Crippen molar-refractivity contribution < 1.29 is 9.21 Å². The summed E-state index contributed by atoms with van der Waals surface area (Å²) in [7, 11) is 0. The molecule has 1 aromatic heterocycles. The van der Waals surface area contributed by atoms with E-state index in [0.29, 0.717) is 12.1 Å². The molecule has 2 rings (SSSR count). The summed E-state index contributed by atoms with van der Waals surface area (Å²) in [4.78, 5) is 26.6. The van der Waals surface area contributed by atoms with Gasteiger partial charge >= 0.3 is 5.63 Å². The van der Waals surface area contributed by atoms with Gasteiger partial charge in [0.25, 0.3) is 5.91 Å². The van der Waals surface area contributed by atoms with Crippen LogP contribution in [-0.4, -0.2) is 25.5 Å². The van der Waals surface area contributed by atoms with Gasteiger partial charge in [0.05, 0.1) is 0 Å². The maximum absolute atomic E-state index is 12.2. The minimum atomic E-state index is -0.588. The molecule has 2 aromatic rings. The first-order valence-corrected chi connectivity index (χ1v) is 9.21. The zero-order chi connectivity index (χ0) is 18.2. The number of unbranched alkanes of at least 4 members (excludes halogenated alkanes) is 3. The quantitative estimate of drug-likeness (QED) is 0.553. The molecule has 0 unspecified atom stereocenters. The second-order valence-electron chi connectivity index (χ2n) is 6.16. The van der Waals surface area contributed by atoms with E-state index in [4.69, 9.17) is 4.42 Å². The van der Waals surface area contributed by atoms with Gasteiger partial charge in [0.1, 0.15) is 11.1 Å². The number of fused-ring (bicyclic) bond motifs is 1. The molecule has 0 aliphatic heterocycles. The summed E-state index contributed by atoms with van der Waals surface area (Å²) in [6, 6.07) is 7.36. The van der Waals surface area contributed by atoms with E-state index >= 15 is 0 Å². The Balaban J connectivity index is 2.17. The Bertz CT molecular complexity index is 763. The molecule has 136 valence electrons. The largest absolute Gasteiger partial charge is 0.422 e. The number of benzene rings is 1. The van der Waals surface area contributed by atoms with E-state index in [-0.39, 0.29) is 11.5 Å². The lowest BCUT2D eigenvalue weighted by atomic mass is 10.1. The zero-order valence-corrected chi connectivity index (χ0v) is 15.4. The molecule has 5 nitrogen and oxygen atoms in total. The fraction of sp³-hybridized carbons (Fsp3) is 0.500. The SMILES string of the molecule is CCCCCCNC(=O)c1cc2ccc(N(CC)CC)cc2oc1=O. The molecule has 5 heteroatoms. The molecule has 1 amide bonds. The second kappa shape index (κ2) is 9.25. The van der Waals surface area contributed by atoms with Gasteiger partial charge < -0.3 is 14.6 Å². The molecule has 0 atom stereocenters. The first-order chi connectivity index (χ1) is 12.1. The van der Waals surface area contributed by atoms with Gasteiger partial charge in [0, 0.05) is 36.8 Å². The van der Waals surface area contributed by atoms with E-state index in [0.717, 1.165) is 49.8 Å². The lowest BCUT2D eigenvalue weighted by Crippen LogP contribution is -2.29. The average Bonchev–Trinajstić information content (AvgIpc) is 2.61. The fourth-order valence-electron chi connectivity index (χ4n) is 2.89. The number of nitrogens with one attached hydrogen (secondary N) is 1. The van der Waals surface area contributed by atoms with Crippen LogP contribution in [0.2, 0.25) is 0 Å². The number of nitrogens with zero attached hydrogens (tertiary/aromatic N) is 1. The Morgan fingerprint density at radius 2 is 1.84 bits per heavy atom. The highest BCUT2D eigenvalue weighted by Crippen LogP contribution is 2.21. The first kappa shape index (κ1) is 19.0. The van der Waals surface area contributed by atoms with Crippen LogP contribution in [0.15, 0.2) is 33.5 Å². The fourth-order valence-corrected chi connectivity index (χ4v) is 2.89. The number of rotatable bonds is 9. The van der Waals surface area contributed by atoms with Crippen molar-refractivity contribution in [3.05, 3.63) is 40.2 Å². The van der Waals surface area contributed by atoms with Crippen molar-refractivity contribution in [3.63, 3.8) is 0 Å². The summed E-state index contributed by atoms with van der Waals surface area (Å²) in [6.45, 7) is 8.65. The monoisotopic (exact) mass is 344 g/mol. The van der Waals surface area contributed by atoms with E-state index in [1.807, 2.05) is 18.2 Å². The summed E-state index contributed by atoms with van der Waals surface area (Å²) in [5, 5.41) is 3.56. The van der Waals surface area contributed by atoms with Crippen molar-refractivity contribution >= 4 is 22.6 Å². The lowest BCUT2D eigenvalue weighted by molar-refractivity contribution is 0.0949. The Morgan fingerprint density at radius 3 is 2.52 bits per heavy atom. The number of carbonyl (C=O) groups excluding carboxylic acids is 1. The number of amides is 1. The van der Waals surface area contributed by atoms with Crippen LogP contribution < -0.4 is 15.8 Å². The number of anilines is 1. The molecule has 0 saturated heterocycles. The van der Waals surface area contributed by atoms with Crippen molar-refractivity contribution in [1.82, 2.24) is 5.32 Å².